The Morgan fingerprint density at radius 1 is 1.25 bits per heavy atom. The van der Waals surface area contributed by atoms with E-state index in [1.807, 2.05) is 13.8 Å². The second kappa shape index (κ2) is 6.84. The molecule has 1 amide bonds. The summed E-state index contributed by atoms with van der Waals surface area (Å²) in [6.07, 6.45) is -2.21. The molecule has 4 nitrogen and oxygen atoms in total. The fourth-order valence-corrected chi connectivity index (χ4v) is 4.38. The van der Waals surface area contributed by atoms with Gasteiger partial charge in [-0.15, -0.1) is 11.3 Å². The minimum Gasteiger partial charge on any atom is -0.347 e. The van der Waals surface area contributed by atoms with E-state index in [1.54, 1.807) is 6.07 Å². The Morgan fingerprint density at radius 3 is 2.68 bits per heavy atom. The van der Waals surface area contributed by atoms with Crippen LogP contribution >= 0.6 is 11.3 Å². The van der Waals surface area contributed by atoms with Crippen LogP contribution in [-0.4, -0.2) is 15.9 Å². The van der Waals surface area contributed by atoms with Crippen molar-refractivity contribution in [2.75, 3.05) is 0 Å². The summed E-state index contributed by atoms with van der Waals surface area (Å²) < 4.78 is 38.5. The van der Waals surface area contributed by atoms with Crippen LogP contribution in [0, 0.1) is 13.8 Å². The molecule has 0 radical (unpaired) electrons. The van der Waals surface area contributed by atoms with Gasteiger partial charge in [-0.25, -0.2) is 9.97 Å². The summed E-state index contributed by atoms with van der Waals surface area (Å²) in [5.74, 6) is 0.941. The normalized spacial score (nSPS) is 14.5. The van der Waals surface area contributed by atoms with Gasteiger partial charge in [0.1, 0.15) is 10.7 Å². The van der Waals surface area contributed by atoms with Crippen LogP contribution in [0.15, 0.2) is 24.3 Å². The molecular formula is C20H18F3N3OS. The Bertz CT molecular complexity index is 1070. The molecule has 8 heteroatoms. The lowest BCUT2D eigenvalue weighted by Crippen LogP contribution is -2.22. The molecule has 28 heavy (non-hydrogen) atoms. The summed E-state index contributed by atoms with van der Waals surface area (Å²) >= 11 is 1.30. The van der Waals surface area contributed by atoms with Gasteiger partial charge < -0.3 is 5.32 Å². The van der Waals surface area contributed by atoms with Gasteiger partial charge in [0.2, 0.25) is 0 Å². The highest BCUT2D eigenvalue weighted by atomic mass is 32.1. The number of fused-ring (bicyclic) bond motifs is 1. The minimum atomic E-state index is -4.41. The predicted molar refractivity (Wildman–Crippen MR) is 101 cm³/mol. The Morgan fingerprint density at radius 2 is 2.00 bits per heavy atom. The van der Waals surface area contributed by atoms with Crippen molar-refractivity contribution in [3.63, 3.8) is 0 Å². The van der Waals surface area contributed by atoms with Crippen molar-refractivity contribution in [3.8, 4) is 0 Å². The summed E-state index contributed by atoms with van der Waals surface area (Å²) in [6, 6.07) is 4.97. The number of aromatic nitrogens is 2. The standard InChI is InChI=1S/C20H18F3N3OS/c1-10-15-11(2)25-17(13-6-7-13)26-19(15)28-16(10)18(27)24-9-12-4-3-5-14(8-12)20(21,22)23/h3-5,8,13H,6-7,9H2,1-2H3,(H,24,27). The largest absolute Gasteiger partial charge is 0.416 e. The summed E-state index contributed by atoms with van der Waals surface area (Å²) in [5.41, 5.74) is 1.34. The monoisotopic (exact) mass is 405 g/mol. The van der Waals surface area contributed by atoms with Crippen LogP contribution in [0.2, 0.25) is 0 Å². The lowest BCUT2D eigenvalue weighted by molar-refractivity contribution is -0.137. The lowest BCUT2D eigenvalue weighted by atomic mass is 10.1. The highest BCUT2D eigenvalue weighted by Crippen LogP contribution is 2.40. The maximum Gasteiger partial charge on any atom is 0.416 e. The fraction of sp³-hybridized carbons (Fsp3) is 0.350. The van der Waals surface area contributed by atoms with E-state index >= 15 is 0 Å². The van der Waals surface area contributed by atoms with Gasteiger partial charge in [-0.3, -0.25) is 4.79 Å². The summed E-state index contributed by atoms with van der Waals surface area (Å²) in [5, 5.41) is 3.61. The van der Waals surface area contributed by atoms with Crippen molar-refractivity contribution >= 4 is 27.5 Å². The van der Waals surface area contributed by atoms with Crippen molar-refractivity contribution in [2.24, 2.45) is 0 Å². The van der Waals surface area contributed by atoms with Gasteiger partial charge >= 0.3 is 6.18 Å². The summed E-state index contributed by atoms with van der Waals surface area (Å²) in [7, 11) is 0. The molecular weight excluding hydrogens is 387 g/mol. The number of carbonyl (C=O) groups excluding carboxylic acids is 1. The number of hydrogen-bond donors (Lipinski definition) is 1. The van der Waals surface area contributed by atoms with Crippen molar-refractivity contribution in [3.05, 3.63) is 57.4 Å². The third kappa shape index (κ3) is 3.61. The highest BCUT2D eigenvalue weighted by Gasteiger charge is 2.30. The van der Waals surface area contributed by atoms with Gasteiger partial charge in [0, 0.05) is 17.8 Å². The molecule has 2 heterocycles. The topological polar surface area (TPSA) is 54.9 Å². The number of hydrogen-bond acceptors (Lipinski definition) is 4. The van der Waals surface area contributed by atoms with Gasteiger partial charge in [-0.2, -0.15) is 13.2 Å². The van der Waals surface area contributed by atoms with E-state index in [0.717, 1.165) is 52.3 Å². The van der Waals surface area contributed by atoms with Crippen LogP contribution in [-0.2, 0) is 12.7 Å². The molecule has 146 valence electrons. The maximum absolute atomic E-state index is 12.8. The molecule has 1 saturated carbocycles. The molecule has 1 N–H and O–H groups in total. The molecule has 1 aliphatic rings. The zero-order valence-electron chi connectivity index (χ0n) is 15.4. The number of nitrogens with zero attached hydrogens (tertiary/aromatic N) is 2. The third-order valence-electron chi connectivity index (χ3n) is 4.84. The second-order valence-corrected chi connectivity index (χ2v) is 8.06. The smallest absolute Gasteiger partial charge is 0.347 e. The molecule has 0 spiro atoms. The molecule has 0 bridgehead atoms. The average molecular weight is 405 g/mol. The number of halogens is 3. The average Bonchev–Trinajstić information content (AvgIpc) is 3.43. The molecule has 3 aromatic rings. The third-order valence-corrected chi connectivity index (χ3v) is 6.03. The number of thiophene rings is 1. The number of aryl methyl sites for hydroxylation is 2. The molecule has 0 aliphatic heterocycles. The first-order chi connectivity index (χ1) is 13.2. The number of alkyl halides is 3. The molecule has 1 aromatic carbocycles. The van der Waals surface area contributed by atoms with Crippen LogP contribution in [0.1, 0.15) is 56.6 Å². The SMILES string of the molecule is Cc1nc(C2CC2)nc2sc(C(=O)NCc3cccc(C(F)(F)F)c3)c(C)c12. The van der Waals surface area contributed by atoms with Crippen LogP contribution in [0.25, 0.3) is 10.2 Å². The van der Waals surface area contributed by atoms with Gasteiger partial charge in [-0.05, 0) is 49.9 Å². The number of amides is 1. The summed E-state index contributed by atoms with van der Waals surface area (Å²) in [4.78, 5) is 23.2. The van der Waals surface area contributed by atoms with Crippen LogP contribution in [0.4, 0.5) is 13.2 Å². The van der Waals surface area contributed by atoms with Crippen LogP contribution < -0.4 is 5.32 Å². The first-order valence-corrected chi connectivity index (χ1v) is 9.77. The molecule has 1 fully saturated rings. The van der Waals surface area contributed by atoms with Crippen molar-refractivity contribution in [1.29, 1.82) is 0 Å². The molecule has 4 rings (SSSR count). The predicted octanol–water partition coefficient (Wildman–Crippen LogP) is 5.13. The quantitative estimate of drug-likeness (QED) is 0.654. The Labute approximate surface area is 163 Å². The van der Waals surface area contributed by atoms with E-state index in [9.17, 15) is 18.0 Å². The minimum absolute atomic E-state index is 0.0222. The zero-order valence-corrected chi connectivity index (χ0v) is 16.2. The molecule has 0 saturated heterocycles. The van der Waals surface area contributed by atoms with E-state index < -0.39 is 11.7 Å². The summed E-state index contributed by atoms with van der Waals surface area (Å²) in [6.45, 7) is 3.79. The molecule has 0 atom stereocenters. The molecule has 2 aromatic heterocycles. The van der Waals surface area contributed by atoms with Crippen molar-refractivity contribution in [2.45, 2.75) is 45.3 Å². The van der Waals surface area contributed by atoms with Crippen LogP contribution in [0.5, 0.6) is 0 Å². The van der Waals surface area contributed by atoms with Crippen LogP contribution in [0.3, 0.4) is 0 Å². The van der Waals surface area contributed by atoms with E-state index in [-0.39, 0.29) is 12.5 Å². The van der Waals surface area contributed by atoms with Gasteiger partial charge in [0.15, 0.2) is 0 Å². The zero-order chi connectivity index (χ0) is 20.1. The van der Waals surface area contributed by atoms with Gasteiger partial charge in [-0.1, -0.05) is 12.1 Å². The first kappa shape index (κ1) is 18.9. The first-order valence-electron chi connectivity index (χ1n) is 8.96. The van der Waals surface area contributed by atoms with E-state index in [4.69, 9.17) is 0 Å². The Hall–Kier alpha value is -2.48. The number of nitrogens with one attached hydrogen (secondary N) is 1. The fourth-order valence-electron chi connectivity index (χ4n) is 3.22. The maximum atomic E-state index is 12.8. The number of carbonyl (C=O) groups is 1. The van der Waals surface area contributed by atoms with Crippen molar-refractivity contribution < 1.29 is 18.0 Å². The molecule has 0 unspecified atom stereocenters. The Balaban J connectivity index is 1.56. The second-order valence-electron chi connectivity index (χ2n) is 7.06. The van der Waals surface area contributed by atoms with E-state index in [1.165, 1.54) is 17.4 Å². The number of rotatable bonds is 4. The van der Waals surface area contributed by atoms with E-state index in [2.05, 4.69) is 15.3 Å². The Kier molecular flexibility index (Phi) is 4.61. The highest BCUT2D eigenvalue weighted by molar-refractivity contribution is 7.20. The van der Waals surface area contributed by atoms with E-state index in [0.29, 0.717) is 16.4 Å². The van der Waals surface area contributed by atoms with Gasteiger partial charge in [0.25, 0.3) is 5.91 Å². The molecule has 1 aliphatic carbocycles. The van der Waals surface area contributed by atoms with Crippen molar-refractivity contribution in [1.82, 2.24) is 15.3 Å². The lowest BCUT2D eigenvalue weighted by Gasteiger charge is -2.09. The number of benzene rings is 1. The van der Waals surface area contributed by atoms with Gasteiger partial charge in [0.05, 0.1) is 16.1 Å².